The molecule has 0 atom stereocenters. The van der Waals surface area contributed by atoms with Crippen LogP contribution < -0.4 is 0 Å². The Kier molecular flexibility index (Phi) is 2.35. The number of nitrogens with zero attached hydrogens (tertiary/aromatic N) is 5. The average Bonchev–Trinajstić information content (AvgIpc) is 2.71. The van der Waals surface area contributed by atoms with Gasteiger partial charge < -0.3 is 0 Å². The zero-order valence-electron chi connectivity index (χ0n) is 7.58. The average molecular weight is 203 g/mol. The van der Waals surface area contributed by atoms with Gasteiger partial charge in [-0.15, -0.1) is 0 Å². The van der Waals surface area contributed by atoms with Crippen molar-refractivity contribution in [2.24, 2.45) is 5.11 Å². The van der Waals surface area contributed by atoms with Gasteiger partial charge in [0.2, 0.25) is 0 Å². The Morgan fingerprint density at radius 1 is 1.47 bits per heavy atom. The lowest BCUT2D eigenvalue weighted by atomic mass is 10.3. The Bertz CT molecular complexity index is 513. The first-order valence-electron chi connectivity index (χ1n) is 4.16. The van der Waals surface area contributed by atoms with Crippen molar-refractivity contribution in [2.75, 3.05) is 0 Å². The Morgan fingerprint density at radius 2 is 2.33 bits per heavy atom. The Morgan fingerprint density at radius 3 is 2.93 bits per heavy atom. The normalized spacial score (nSPS) is 9.67. The van der Waals surface area contributed by atoms with E-state index in [1.54, 1.807) is 18.5 Å². The summed E-state index contributed by atoms with van der Waals surface area (Å²) in [6, 6.07) is 5.89. The number of benzene rings is 1. The molecular formula is C9H6FN5. The molecule has 5 nitrogen and oxygen atoms in total. The Hall–Kier alpha value is -2.33. The van der Waals surface area contributed by atoms with Crippen LogP contribution in [0, 0.1) is 5.82 Å². The molecule has 0 saturated heterocycles. The van der Waals surface area contributed by atoms with Crippen LogP contribution in [-0.2, 0) is 0 Å². The van der Waals surface area contributed by atoms with E-state index < -0.39 is 5.82 Å². The van der Waals surface area contributed by atoms with Crippen molar-refractivity contribution in [1.29, 1.82) is 0 Å². The summed E-state index contributed by atoms with van der Waals surface area (Å²) in [6.45, 7) is 0. The number of rotatable bonds is 2. The van der Waals surface area contributed by atoms with E-state index in [1.165, 1.54) is 16.8 Å². The van der Waals surface area contributed by atoms with Gasteiger partial charge in [0.05, 0.1) is 0 Å². The van der Waals surface area contributed by atoms with Crippen LogP contribution in [0.25, 0.3) is 16.1 Å². The van der Waals surface area contributed by atoms with Gasteiger partial charge in [-0.25, -0.2) is 9.07 Å². The highest BCUT2D eigenvalue weighted by Crippen LogP contribution is 2.19. The molecule has 0 aliphatic carbocycles. The number of azide groups is 1. The van der Waals surface area contributed by atoms with Crippen molar-refractivity contribution in [1.82, 2.24) is 9.78 Å². The van der Waals surface area contributed by atoms with Crippen molar-refractivity contribution in [2.45, 2.75) is 0 Å². The second-order valence-electron chi connectivity index (χ2n) is 2.78. The third kappa shape index (κ3) is 1.79. The fourth-order valence-corrected chi connectivity index (χ4v) is 1.21. The van der Waals surface area contributed by atoms with E-state index in [-0.39, 0.29) is 5.69 Å². The lowest BCUT2D eigenvalue weighted by Crippen LogP contribution is -1.97. The minimum Gasteiger partial charge on any atom is -0.238 e. The van der Waals surface area contributed by atoms with E-state index in [4.69, 9.17) is 5.53 Å². The highest BCUT2D eigenvalue weighted by atomic mass is 19.1. The molecule has 0 saturated carbocycles. The first kappa shape index (κ1) is 9.23. The summed E-state index contributed by atoms with van der Waals surface area (Å²) in [5, 5.41) is 7.20. The minimum absolute atomic E-state index is 0.242. The van der Waals surface area contributed by atoms with Crippen LogP contribution in [0.15, 0.2) is 41.8 Å². The van der Waals surface area contributed by atoms with Gasteiger partial charge in [0.15, 0.2) is 0 Å². The molecule has 0 spiro atoms. The highest BCUT2D eigenvalue weighted by Gasteiger charge is 2.04. The molecule has 1 heterocycles. The summed E-state index contributed by atoms with van der Waals surface area (Å²) in [6.07, 6.45) is 3.19. The second kappa shape index (κ2) is 3.81. The molecule has 1 aromatic heterocycles. The molecule has 0 N–H and O–H groups in total. The summed E-state index contributed by atoms with van der Waals surface area (Å²) in [5.41, 5.74) is 8.74. The van der Waals surface area contributed by atoms with E-state index in [1.807, 2.05) is 0 Å². The Labute approximate surface area is 84.4 Å². The third-order valence-electron chi connectivity index (χ3n) is 1.84. The van der Waals surface area contributed by atoms with Gasteiger partial charge in [-0.3, -0.25) is 0 Å². The molecular weight excluding hydrogens is 197 g/mol. The van der Waals surface area contributed by atoms with Crippen LogP contribution in [0.3, 0.4) is 0 Å². The standard InChI is InChI=1S/C9H6FN5/c10-8-6-7(13-14-11)2-3-9(8)15-5-1-4-12-15/h1-6H. The maximum atomic E-state index is 13.5. The molecule has 1 aromatic carbocycles. The van der Waals surface area contributed by atoms with E-state index in [2.05, 4.69) is 15.1 Å². The molecule has 0 bridgehead atoms. The molecule has 0 amide bonds. The third-order valence-corrected chi connectivity index (χ3v) is 1.84. The maximum Gasteiger partial charge on any atom is 0.149 e. The minimum atomic E-state index is -0.483. The van der Waals surface area contributed by atoms with Gasteiger partial charge in [-0.05, 0) is 23.7 Å². The van der Waals surface area contributed by atoms with E-state index in [9.17, 15) is 4.39 Å². The molecule has 0 fully saturated rings. The summed E-state index contributed by atoms with van der Waals surface area (Å²) < 4.78 is 14.9. The van der Waals surface area contributed by atoms with Crippen LogP contribution in [0.5, 0.6) is 0 Å². The van der Waals surface area contributed by atoms with Crippen molar-refractivity contribution >= 4 is 5.69 Å². The molecule has 2 rings (SSSR count). The molecule has 0 aliphatic heterocycles. The lowest BCUT2D eigenvalue weighted by molar-refractivity contribution is 0.611. The molecule has 0 aliphatic rings. The van der Waals surface area contributed by atoms with Gasteiger partial charge in [0.25, 0.3) is 0 Å². The monoisotopic (exact) mass is 203 g/mol. The van der Waals surface area contributed by atoms with Crippen LogP contribution in [0.4, 0.5) is 10.1 Å². The molecule has 15 heavy (non-hydrogen) atoms. The van der Waals surface area contributed by atoms with E-state index in [0.29, 0.717) is 5.69 Å². The summed E-state index contributed by atoms with van der Waals surface area (Å²) in [7, 11) is 0. The van der Waals surface area contributed by atoms with Crippen LogP contribution in [-0.4, -0.2) is 9.78 Å². The van der Waals surface area contributed by atoms with E-state index >= 15 is 0 Å². The van der Waals surface area contributed by atoms with Gasteiger partial charge in [-0.1, -0.05) is 11.2 Å². The SMILES string of the molecule is [N-]=[N+]=Nc1ccc(-n2cccn2)c(F)c1. The highest BCUT2D eigenvalue weighted by molar-refractivity contribution is 5.45. The number of halogens is 1. The molecule has 0 radical (unpaired) electrons. The van der Waals surface area contributed by atoms with Crippen molar-refractivity contribution in [3.8, 4) is 5.69 Å². The smallest absolute Gasteiger partial charge is 0.149 e. The van der Waals surface area contributed by atoms with Gasteiger partial charge >= 0.3 is 0 Å². The summed E-state index contributed by atoms with van der Waals surface area (Å²) in [5.74, 6) is -0.483. The zero-order chi connectivity index (χ0) is 10.7. The molecule has 74 valence electrons. The quantitative estimate of drug-likeness (QED) is 0.420. The number of aromatic nitrogens is 2. The first-order valence-corrected chi connectivity index (χ1v) is 4.16. The van der Waals surface area contributed by atoms with Gasteiger partial charge in [0, 0.05) is 23.0 Å². The van der Waals surface area contributed by atoms with Crippen LogP contribution >= 0.6 is 0 Å². The zero-order valence-corrected chi connectivity index (χ0v) is 7.58. The second-order valence-corrected chi connectivity index (χ2v) is 2.78. The number of hydrogen-bond acceptors (Lipinski definition) is 2. The molecule has 2 aromatic rings. The summed E-state index contributed by atoms with van der Waals surface area (Å²) in [4.78, 5) is 2.58. The van der Waals surface area contributed by atoms with Crippen LogP contribution in [0.2, 0.25) is 0 Å². The fourth-order valence-electron chi connectivity index (χ4n) is 1.21. The van der Waals surface area contributed by atoms with Crippen molar-refractivity contribution in [3.63, 3.8) is 0 Å². The fraction of sp³-hybridized carbons (Fsp3) is 0. The Balaban J connectivity index is 2.48. The predicted molar refractivity (Wildman–Crippen MR) is 52.3 cm³/mol. The number of hydrogen-bond donors (Lipinski definition) is 0. The maximum absolute atomic E-state index is 13.5. The van der Waals surface area contributed by atoms with Crippen molar-refractivity contribution < 1.29 is 4.39 Å². The molecule has 0 unspecified atom stereocenters. The van der Waals surface area contributed by atoms with Crippen molar-refractivity contribution in [3.05, 3.63) is 52.9 Å². The van der Waals surface area contributed by atoms with Gasteiger partial charge in [0.1, 0.15) is 11.5 Å². The summed E-state index contributed by atoms with van der Waals surface area (Å²) >= 11 is 0. The lowest BCUT2D eigenvalue weighted by Gasteiger charge is -2.02. The predicted octanol–water partition coefficient (Wildman–Crippen LogP) is 2.95. The largest absolute Gasteiger partial charge is 0.238 e. The van der Waals surface area contributed by atoms with Gasteiger partial charge in [-0.2, -0.15) is 5.10 Å². The van der Waals surface area contributed by atoms with Crippen LogP contribution in [0.1, 0.15) is 0 Å². The topological polar surface area (TPSA) is 66.6 Å². The van der Waals surface area contributed by atoms with E-state index in [0.717, 1.165) is 6.07 Å². The first-order chi connectivity index (χ1) is 7.31. The molecule has 6 heteroatoms.